The first-order chi connectivity index (χ1) is 14.1. The maximum atomic E-state index is 12.7. The van der Waals surface area contributed by atoms with Gasteiger partial charge in [-0.05, 0) is 49.4 Å². The Balaban J connectivity index is 1.47. The highest BCUT2D eigenvalue weighted by Crippen LogP contribution is 2.20. The summed E-state index contributed by atoms with van der Waals surface area (Å²) in [5.41, 5.74) is 3.31. The van der Waals surface area contributed by atoms with E-state index in [1.807, 2.05) is 54.6 Å². The number of amides is 1. The van der Waals surface area contributed by atoms with Crippen molar-refractivity contribution in [1.29, 1.82) is 0 Å². The molecule has 144 valence electrons. The van der Waals surface area contributed by atoms with Crippen LogP contribution in [-0.4, -0.2) is 25.9 Å². The lowest BCUT2D eigenvalue weighted by Gasteiger charge is -2.09. The van der Waals surface area contributed by atoms with Gasteiger partial charge in [-0.15, -0.1) is 0 Å². The number of aromatic amines is 1. The second-order valence-electron chi connectivity index (χ2n) is 6.36. The molecule has 4 rings (SSSR count). The molecule has 1 amide bonds. The molecule has 0 atom stereocenters. The van der Waals surface area contributed by atoms with Crippen LogP contribution in [0.3, 0.4) is 0 Å². The van der Waals surface area contributed by atoms with E-state index in [1.54, 1.807) is 13.0 Å². The summed E-state index contributed by atoms with van der Waals surface area (Å²) in [5, 5.41) is 16.6. The first kappa shape index (κ1) is 18.2. The van der Waals surface area contributed by atoms with Gasteiger partial charge in [0, 0.05) is 23.1 Å². The highest BCUT2D eigenvalue weighted by molar-refractivity contribution is 6.05. The van der Waals surface area contributed by atoms with Gasteiger partial charge in [-0.3, -0.25) is 9.59 Å². The van der Waals surface area contributed by atoms with Crippen molar-refractivity contribution in [1.82, 2.24) is 20.0 Å². The van der Waals surface area contributed by atoms with E-state index in [0.29, 0.717) is 22.8 Å². The monoisotopic (exact) mass is 386 g/mol. The van der Waals surface area contributed by atoms with Crippen LogP contribution in [0.25, 0.3) is 5.82 Å². The fourth-order valence-corrected chi connectivity index (χ4v) is 2.84. The molecule has 0 aliphatic carbocycles. The molecule has 4 aromatic rings. The third-order valence-electron chi connectivity index (χ3n) is 4.34. The fourth-order valence-electron chi connectivity index (χ4n) is 2.84. The van der Waals surface area contributed by atoms with Gasteiger partial charge in [-0.2, -0.15) is 10.2 Å². The van der Waals surface area contributed by atoms with Crippen LogP contribution in [0.4, 0.5) is 17.1 Å². The number of anilines is 3. The average molecular weight is 386 g/mol. The summed E-state index contributed by atoms with van der Waals surface area (Å²) in [6.07, 6.45) is 1.47. The highest BCUT2D eigenvalue weighted by Gasteiger charge is 2.16. The Hall–Kier alpha value is -4.20. The molecule has 0 unspecified atom stereocenters. The van der Waals surface area contributed by atoms with Crippen molar-refractivity contribution < 1.29 is 4.79 Å². The van der Waals surface area contributed by atoms with Crippen LogP contribution in [0, 0.1) is 6.92 Å². The van der Waals surface area contributed by atoms with Crippen molar-refractivity contribution >= 4 is 23.0 Å². The Morgan fingerprint density at radius 1 is 0.931 bits per heavy atom. The van der Waals surface area contributed by atoms with Crippen molar-refractivity contribution in [2.45, 2.75) is 6.92 Å². The average Bonchev–Trinajstić information content (AvgIpc) is 3.12. The van der Waals surface area contributed by atoms with Crippen LogP contribution < -0.4 is 16.2 Å². The van der Waals surface area contributed by atoms with Gasteiger partial charge in [0.25, 0.3) is 11.5 Å². The molecule has 8 heteroatoms. The van der Waals surface area contributed by atoms with E-state index in [2.05, 4.69) is 25.9 Å². The van der Waals surface area contributed by atoms with Crippen molar-refractivity contribution in [3.63, 3.8) is 0 Å². The van der Waals surface area contributed by atoms with Crippen LogP contribution in [-0.2, 0) is 0 Å². The van der Waals surface area contributed by atoms with Crippen LogP contribution in [0.2, 0.25) is 0 Å². The molecule has 2 aromatic carbocycles. The molecule has 2 heterocycles. The molecule has 0 aliphatic rings. The Morgan fingerprint density at radius 2 is 1.62 bits per heavy atom. The van der Waals surface area contributed by atoms with Gasteiger partial charge in [0.2, 0.25) is 0 Å². The summed E-state index contributed by atoms with van der Waals surface area (Å²) in [5.74, 6) is 0.152. The van der Waals surface area contributed by atoms with Gasteiger partial charge < -0.3 is 10.6 Å². The van der Waals surface area contributed by atoms with Crippen LogP contribution in [0.15, 0.2) is 77.7 Å². The minimum atomic E-state index is -0.304. The van der Waals surface area contributed by atoms with Crippen LogP contribution in [0.1, 0.15) is 16.1 Å². The molecule has 0 radical (unpaired) electrons. The quantitative estimate of drug-likeness (QED) is 0.488. The standard InChI is InChI=1S/C21H18N6O2/c1-14-18(13-22-27(14)19-11-12-20(28)26-25-19)21(29)24-17-9-7-16(8-10-17)23-15-5-3-2-4-6-15/h2-13,23H,1H3,(H,24,29)(H,26,28). The highest BCUT2D eigenvalue weighted by atomic mass is 16.1. The third-order valence-corrected chi connectivity index (χ3v) is 4.34. The van der Waals surface area contributed by atoms with Crippen LogP contribution >= 0.6 is 0 Å². The first-order valence-electron chi connectivity index (χ1n) is 8.94. The third kappa shape index (κ3) is 4.06. The number of rotatable bonds is 5. The van der Waals surface area contributed by atoms with E-state index in [0.717, 1.165) is 11.4 Å². The van der Waals surface area contributed by atoms with Crippen molar-refractivity contribution in [3.05, 3.63) is 94.5 Å². The summed E-state index contributed by atoms with van der Waals surface area (Å²) >= 11 is 0. The first-order valence-corrected chi connectivity index (χ1v) is 8.94. The lowest BCUT2D eigenvalue weighted by Crippen LogP contribution is -2.14. The Bertz CT molecular complexity index is 1180. The molecule has 0 spiro atoms. The second kappa shape index (κ2) is 7.81. The molecule has 3 N–H and O–H groups in total. The molecule has 29 heavy (non-hydrogen) atoms. The smallest absolute Gasteiger partial charge is 0.264 e. The summed E-state index contributed by atoms with van der Waals surface area (Å²) in [7, 11) is 0. The summed E-state index contributed by atoms with van der Waals surface area (Å²) in [4.78, 5) is 23.8. The maximum Gasteiger partial charge on any atom is 0.264 e. The molecule has 0 aliphatic heterocycles. The SMILES string of the molecule is Cc1c(C(=O)Nc2ccc(Nc3ccccc3)cc2)cnn1-c1ccc(=O)[nH]n1. The number of para-hydroxylation sites is 1. The Morgan fingerprint density at radius 3 is 2.31 bits per heavy atom. The van der Waals surface area contributed by atoms with Gasteiger partial charge >= 0.3 is 0 Å². The summed E-state index contributed by atoms with van der Waals surface area (Å²) < 4.78 is 1.50. The molecule has 2 aromatic heterocycles. The number of benzene rings is 2. The number of aromatic nitrogens is 4. The lowest BCUT2D eigenvalue weighted by molar-refractivity contribution is 0.102. The van der Waals surface area contributed by atoms with Crippen molar-refractivity contribution in [2.24, 2.45) is 0 Å². The molecular weight excluding hydrogens is 368 g/mol. The summed E-state index contributed by atoms with van der Waals surface area (Å²) in [6.45, 7) is 1.77. The van der Waals surface area contributed by atoms with Crippen molar-refractivity contribution in [2.75, 3.05) is 10.6 Å². The zero-order valence-electron chi connectivity index (χ0n) is 15.6. The molecule has 8 nitrogen and oxygen atoms in total. The van der Waals surface area contributed by atoms with E-state index in [9.17, 15) is 9.59 Å². The minimum Gasteiger partial charge on any atom is -0.356 e. The minimum absolute atomic E-state index is 0.276. The zero-order chi connectivity index (χ0) is 20.2. The van der Waals surface area contributed by atoms with E-state index in [-0.39, 0.29) is 11.5 Å². The Labute approximate surface area is 166 Å². The second-order valence-corrected chi connectivity index (χ2v) is 6.36. The Kier molecular flexibility index (Phi) is 4.90. The van der Waals surface area contributed by atoms with Gasteiger partial charge in [-0.1, -0.05) is 18.2 Å². The topological polar surface area (TPSA) is 105 Å². The number of hydrogen-bond donors (Lipinski definition) is 3. The largest absolute Gasteiger partial charge is 0.356 e. The number of carbonyl (C=O) groups excluding carboxylic acids is 1. The lowest BCUT2D eigenvalue weighted by atomic mass is 10.2. The maximum absolute atomic E-state index is 12.7. The number of nitrogens with one attached hydrogen (secondary N) is 3. The predicted molar refractivity (Wildman–Crippen MR) is 111 cm³/mol. The van der Waals surface area contributed by atoms with E-state index < -0.39 is 0 Å². The molecule has 0 bridgehead atoms. The number of H-pyrrole nitrogens is 1. The molecular formula is C21H18N6O2. The normalized spacial score (nSPS) is 10.5. The van der Waals surface area contributed by atoms with Gasteiger partial charge in [0.1, 0.15) is 0 Å². The van der Waals surface area contributed by atoms with Crippen LogP contribution in [0.5, 0.6) is 0 Å². The van der Waals surface area contributed by atoms with E-state index in [4.69, 9.17) is 0 Å². The number of hydrogen-bond acceptors (Lipinski definition) is 5. The molecule has 0 saturated carbocycles. The zero-order valence-corrected chi connectivity index (χ0v) is 15.6. The molecule has 0 fully saturated rings. The van der Waals surface area contributed by atoms with E-state index >= 15 is 0 Å². The number of carbonyl (C=O) groups is 1. The van der Waals surface area contributed by atoms with Crippen molar-refractivity contribution in [3.8, 4) is 5.82 Å². The van der Waals surface area contributed by atoms with E-state index in [1.165, 1.54) is 16.9 Å². The number of nitrogens with zero attached hydrogens (tertiary/aromatic N) is 3. The van der Waals surface area contributed by atoms with Gasteiger partial charge in [0.15, 0.2) is 5.82 Å². The van der Waals surface area contributed by atoms with Gasteiger partial charge in [-0.25, -0.2) is 9.78 Å². The van der Waals surface area contributed by atoms with Gasteiger partial charge in [0.05, 0.1) is 17.5 Å². The summed E-state index contributed by atoms with van der Waals surface area (Å²) in [6, 6.07) is 20.2. The fraction of sp³-hybridized carbons (Fsp3) is 0.0476. The predicted octanol–water partition coefficient (Wildman–Crippen LogP) is 3.26. The molecule has 0 saturated heterocycles.